The highest BCUT2D eigenvalue weighted by molar-refractivity contribution is 6.17. The quantitative estimate of drug-likeness (QED) is 0.606. The van der Waals surface area contributed by atoms with Crippen LogP contribution in [0.1, 0.15) is 0 Å². The highest BCUT2D eigenvalue weighted by Crippen LogP contribution is 2.06. The zero-order chi connectivity index (χ0) is 6.53. The molecule has 1 aromatic rings. The molecule has 0 bridgehead atoms. The minimum absolute atomic E-state index is 0.465. The van der Waals surface area contributed by atoms with E-state index in [1.165, 1.54) is 0 Å². The van der Waals surface area contributed by atoms with Crippen LogP contribution in [0.2, 0.25) is 0 Å². The molecule has 0 aliphatic heterocycles. The Morgan fingerprint density at radius 2 is 1.89 bits per heavy atom. The van der Waals surface area contributed by atoms with Gasteiger partial charge in [0.15, 0.2) is 0 Å². The zero-order valence-corrected chi connectivity index (χ0v) is 5.74. The van der Waals surface area contributed by atoms with Gasteiger partial charge >= 0.3 is 10.0 Å². The molecule has 2 nitrogen and oxygen atoms in total. The maximum atomic E-state index is 8.33. The monoisotopic (exact) mass is 138 g/mol. The summed E-state index contributed by atoms with van der Waals surface area (Å²) in [4.78, 5) is 8.33. The highest BCUT2D eigenvalue weighted by Gasteiger charge is 1.87. The molecule has 9 heavy (non-hydrogen) atoms. The molecule has 0 fully saturated rings. The molecule has 46 valence electrons. The number of benzene rings is 1. The van der Waals surface area contributed by atoms with E-state index in [1.54, 1.807) is 12.1 Å². The Hall–Kier alpha value is -0.803. The van der Waals surface area contributed by atoms with Crippen molar-refractivity contribution < 1.29 is 9.22 Å². The number of hydrogen-bond acceptors (Lipinski definition) is 2. The minimum Gasteiger partial charge on any atom is -0.518 e. The summed E-state index contributed by atoms with van der Waals surface area (Å²) in [6.07, 6.45) is 0. The van der Waals surface area contributed by atoms with Crippen molar-refractivity contribution in [3.05, 3.63) is 30.3 Å². The predicted molar refractivity (Wildman–Crippen MR) is 35.0 cm³/mol. The topological polar surface area (TPSA) is 29.5 Å². The van der Waals surface area contributed by atoms with Crippen LogP contribution in [0.5, 0.6) is 5.75 Å². The Kier molecular flexibility index (Phi) is 2.29. The highest BCUT2D eigenvalue weighted by atomic mass is 28.2. The Balaban J connectivity index is 2.61. The minimum atomic E-state index is -0.465. The van der Waals surface area contributed by atoms with Crippen LogP contribution in [-0.4, -0.2) is 14.8 Å². The zero-order valence-electron chi connectivity index (χ0n) is 4.74. The smallest absolute Gasteiger partial charge is 0.518 e. The fourth-order valence-electron chi connectivity index (χ4n) is 0.541. The summed E-state index contributed by atoms with van der Waals surface area (Å²) in [7, 11) is -0.465. The van der Waals surface area contributed by atoms with E-state index in [0.29, 0.717) is 5.75 Å². The van der Waals surface area contributed by atoms with Crippen molar-refractivity contribution in [3.63, 3.8) is 0 Å². The molecule has 3 heteroatoms. The van der Waals surface area contributed by atoms with Gasteiger partial charge in [-0.1, -0.05) is 18.2 Å². The third-order valence-electron chi connectivity index (χ3n) is 0.907. The van der Waals surface area contributed by atoms with Crippen LogP contribution in [0.15, 0.2) is 30.3 Å². The fourth-order valence-corrected chi connectivity index (χ4v) is 0.783. The molecule has 0 aliphatic rings. The van der Waals surface area contributed by atoms with E-state index in [9.17, 15) is 0 Å². The van der Waals surface area contributed by atoms with E-state index < -0.39 is 10.0 Å². The van der Waals surface area contributed by atoms with Crippen molar-refractivity contribution in [3.8, 4) is 5.75 Å². The molecule has 0 heterocycles. The molecule has 0 spiro atoms. The summed E-state index contributed by atoms with van der Waals surface area (Å²) >= 11 is 0. The van der Waals surface area contributed by atoms with E-state index in [-0.39, 0.29) is 0 Å². The molecule has 1 rings (SSSR count). The van der Waals surface area contributed by atoms with Gasteiger partial charge in [0.25, 0.3) is 0 Å². The van der Waals surface area contributed by atoms with Crippen molar-refractivity contribution in [2.24, 2.45) is 0 Å². The molecule has 0 atom stereocenters. The van der Waals surface area contributed by atoms with Gasteiger partial charge in [-0.2, -0.15) is 0 Å². The summed E-state index contributed by atoms with van der Waals surface area (Å²) in [5.74, 6) is 0.707. The van der Waals surface area contributed by atoms with E-state index in [0.717, 1.165) is 0 Å². The molecule has 0 amide bonds. The molecular weight excluding hydrogens is 132 g/mol. The Bertz CT molecular complexity index is 164. The largest absolute Gasteiger partial charge is 0.518 e. The standard InChI is InChI=1S/C6H6O2Si/c7-9-8-6-4-2-1-3-5-6/h1-5,7H. The maximum absolute atomic E-state index is 8.33. The van der Waals surface area contributed by atoms with Gasteiger partial charge in [-0.05, 0) is 12.1 Å². The first-order valence-corrected chi connectivity index (χ1v) is 3.40. The molecular formula is C6H6O2Si. The first kappa shape index (κ1) is 6.32. The van der Waals surface area contributed by atoms with Crippen molar-refractivity contribution in [1.82, 2.24) is 0 Å². The van der Waals surface area contributed by atoms with Crippen LogP contribution in [0, 0.1) is 0 Å². The van der Waals surface area contributed by atoms with E-state index in [4.69, 9.17) is 9.22 Å². The number of hydrogen-bond donors (Lipinski definition) is 1. The van der Waals surface area contributed by atoms with Crippen LogP contribution >= 0.6 is 0 Å². The molecule has 0 aliphatic carbocycles. The van der Waals surface area contributed by atoms with Crippen LogP contribution < -0.4 is 4.43 Å². The summed E-state index contributed by atoms with van der Waals surface area (Å²) < 4.78 is 4.79. The normalized spacial score (nSPS) is 9.00. The average molecular weight is 138 g/mol. The lowest BCUT2D eigenvalue weighted by Gasteiger charge is -1.96. The van der Waals surface area contributed by atoms with Gasteiger partial charge in [-0.15, -0.1) is 0 Å². The fraction of sp³-hybridized carbons (Fsp3) is 0. The second-order valence-electron chi connectivity index (χ2n) is 1.51. The first-order valence-electron chi connectivity index (χ1n) is 2.54. The van der Waals surface area contributed by atoms with E-state index in [2.05, 4.69) is 0 Å². The molecule has 0 saturated carbocycles. The predicted octanol–water partition coefficient (Wildman–Crippen LogP) is 0.592. The summed E-state index contributed by atoms with van der Waals surface area (Å²) in [5.41, 5.74) is 0. The SMILES string of the molecule is O[Si]Oc1ccccc1. The Morgan fingerprint density at radius 1 is 1.22 bits per heavy atom. The van der Waals surface area contributed by atoms with Gasteiger partial charge in [-0.3, -0.25) is 0 Å². The van der Waals surface area contributed by atoms with E-state index in [1.807, 2.05) is 18.2 Å². The third kappa shape index (κ3) is 1.87. The van der Waals surface area contributed by atoms with Crippen molar-refractivity contribution in [1.29, 1.82) is 0 Å². The third-order valence-corrected chi connectivity index (χ3v) is 1.23. The van der Waals surface area contributed by atoms with Crippen LogP contribution in [-0.2, 0) is 0 Å². The molecule has 1 N–H and O–H groups in total. The molecule has 0 aromatic heterocycles. The van der Waals surface area contributed by atoms with Crippen LogP contribution in [0.25, 0.3) is 0 Å². The lowest BCUT2D eigenvalue weighted by atomic mass is 10.3. The van der Waals surface area contributed by atoms with Crippen LogP contribution in [0.3, 0.4) is 0 Å². The molecule has 0 unspecified atom stereocenters. The Morgan fingerprint density at radius 3 is 2.44 bits per heavy atom. The lowest BCUT2D eigenvalue weighted by molar-refractivity contribution is 0.454. The number of rotatable bonds is 2. The van der Waals surface area contributed by atoms with Gasteiger partial charge in [-0.25, -0.2) is 0 Å². The molecule has 2 radical (unpaired) electrons. The second-order valence-corrected chi connectivity index (χ2v) is 1.89. The van der Waals surface area contributed by atoms with Crippen molar-refractivity contribution in [2.75, 3.05) is 0 Å². The number of para-hydroxylation sites is 1. The van der Waals surface area contributed by atoms with Gasteiger partial charge in [0.1, 0.15) is 5.75 Å². The van der Waals surface area contributed by atoms with Gasteiger partial charge in [0.2, 0.25) is 0 Å². The maximum Gasteiger partial charge on any atom is 0.518 e. The average Bonchev–Trinajstić information content (AvgIpc) is 1.91. The van der Waals surface area contributed by atoms with Gasteiger partial charge in [0, 0.05) is 0 Å². The van der Waals surface area contributed by atoms with Crippen molar-refractivity contribution >= 4 is 10.0 Å². The molecule has 0 saturated heterocycles. The van der Waals surface area contributed by atoms with Crippen LogP contribution in [0.4, 0.5) is 0 Å². The molecule has 1 aromatic carbocycles. The first-order chi connectivity index (χ1) is 4.43. The van der Waals surface area contributed by atoms with E-state index >= 15 is 0 Å². The summed E-state index contributed by atoms with van der Waals surface area (Å²) in [5, 5.41) is 0. The lowest BCUT2D eigenvalue weighted by Crippen LogP contribution is -1.98. The second kappa shape index (κ2) is 3.27. The van der Waals surface area contributed by atoms with Gasteiger partial charge in [0.05, 0.1) is 0 Å². The van der Waals surface area contributed by atoms with Gasteiger partial charge < -0.3 is 9.22 Å². The van der Waals surface area contributed by atoms with Crippen molar-refractivity contribution in [2.45, 2.75) is 0 Å². The Labute approximate surface area is 56.2 Å². The summed E-state index contributed by atoms with van der Waals surface area (Å²) in [6, 6.07) is 9.20. The summed E-state index contributed by atoms with van der Waals surface area (Å²) in [6.45, 7) is 0.